The van der Waals surface area contributed by atoms with Gasteiger partial charge in [-0.05, 0) is 67.8 Å². The Hall–Kier alpha value is -4.77. The monoisotopic (exact) mass is 598 g/mol. The van der Waals surface area contributed by atoms with E-state index in [1.807, 2.05) is 51.1 Å². The first kappa shape index (κ1) is 28.4. The Balaban J connectivity index is 1.37. The van der Waals surface area contributed by atoms with E-state index < -0.39 is 11.9 Å². The van der Waals surface area contributed by atoms with Crippen LogP contribution in [0, 0.1) is 20.8 Å². The molecule has 0 radical (unpaired) electrons. The summed E-state index contributed by atoms with van der Waals surface area (Å²) in [7, 11) is 0. The Morgan fingerprint density at radius 1 is 0.837 bits per heavy atom. The molecule has 2 aliphatic rings. The number of nitrogens with one attached hydrogen (secondary N) is 1. The first-order valence-electron chi connectivity index (χ1n) is 13.7. The van der Waals surface area contributed by atoms with Crippen molar-refractivity contribution in [1.29, 1.82) is 0 Å². The fourth-order valence-electron chi connectivity index (χ4n) is 5.00. The van der Waals surface area contributed by atoms with E-state index in [1.54, 1.807) is 41.3 Å². The van der Waals surface area contributed by atoms with Gasteiger partial charge in [-0.15, -0.1) is 0 Å². The van der Waals surface area contributed by atoms with Crippen molar-refractivity contribution in [2.45, 2.75) is 38.5 Å². The van der Waals surface area contributed by atoms with E-state index in [2.05, 4.69) is 15.3 Å². The summed E-state index contributed by atoms with van der Waals surface area (Å²) >= 11 is 1.24. The topological polar surface area (TPSA) is 112 Å². The number of thioether (sulfide) groups is 1. The fourth-order valence-corrected chi connectivity index (χ4v) is 5.84. The number of anilines is 1. The van der Waals surface area contributed by atoms with Gasteiger partial charge in [0.25, 0.3) is 5.91 Å². The standard InChI is InChI=1S/C32H30N4O6S/c1-19-6-4-5-7-23(19)15-36(29(37)16-43-32-33-20(2)12-21(3)34-32)30(22-8-10-25-27(13-22)41-17-39-25)31(38)35-24-9-11-26-28(14-24)42-18-40-26/h4-14,30H,15-18H2,1-3H3,(H,35,38)/t30-/m1/s1. The van der Waals surface area contributed by atoms with Gasteiger partial charge in [-0.2, -0.15) is 0 Å². The van der Waals surface area contributed by atoms with Crippen LogP contribution in [-0.4, -0.2) is 46.0 Å². The smallest absolute Gasteiger partial charge is 0.251 e. The van der Waals surface area contributed by atoms with Gasteiger partial charge in [0, 0.05) is 29.7 Å². The normalized spacial score (nSPS) is 13.5. The quantitative estimate of drug-likeness (QED) is 0.201. The second kappa shape index (κ2) is 12.2. The lowest BCUT2D eigenvalue weighted by Gasteiger charge is -2.32. The van der Waals surface area contributed by atoms with E-state index in [0.29, 0.717) is 39.4 Å². The molecule has 1 N–H and O–H groups in total. The van der Waals surface area contributed by atoms with E-state index in [4.69, 9.17) is 18.9 Å². The van der Waals surface area contributed by atoms with Gasteiger partial charge in [-0.1, -0.05) is 42.1 Å². The zero-order chi connectivity index (χ0) is 29.9. The largest absolute Gasteiger partial charge is 0.454 e. The fraction of sp³-hybridized carbons (Fsp3) is 0.250. The summed E-state index contributed by atoms with van der Waals surface area (Å²) in [6.45, 7) is 6.17. The number of ether oxygens (including phenoxy) is 4. The molecule has 0 spiro atoms. The Morgan fingerprint density at radius 3 is 2.21 bits per heavy atom. The zero-order valence-corrected chi connectivity index (χ0v) is 24.8. The van der Waals surface area contributed by atoms with Crippen LogP contribution < -0.4 is 24.3 Å². The van der Waals surface area contributed by atoms with E-state index >= 15 is 0 Å². The molecule has 220 valence electrons. The molecule has 2 aliphatic heterocycles. The number of aromatic nitrogens is 2. The highest BCUT2D eigenvalue weighted by atomic mass is 32.2. The molecule has 0 aliphatic carbocycles. The summed E-state index contributed by atoms with van der Waals surface area (Å²) in [4.78, 5) is 38.9. The summed E-state index contributed by atoms with van der Waals surface area (Å²) < 4.78 is 22.1. The predicted molar refractivity (Wildman–Crippen MR) is 160 cm³/mol. The molecule has 1 aromatic heterocycles. The van der Waals surface area contributed by atoms with Gasteiger partial charge >= 0.3 is 0 Å². The molecule has 1 atom stereocenters. The highest BCUT2D eigenvalue weighted by Crippen LogP contribution is 2.38. The van der Waals surface area contributed by atoms with Crippen LogP contribution in [0.4, 0.5) is 5.69 Å². The van der Waals surface area contributed by atoms with Crippen LogP contribution >= 0.6 is 11.8 Å². The molecule has 0 saturated heterocycles. The van der Waals surface area contributed by atoms with E-state index in [9.17, 15) is 9.59 Å². The van der Waals surface area contributed by atoms with Gasteiger partial charge in [0.15, 0.2) is 28.2 Å². The van der Waals surface area contributed by atoms with Crippen molar-refractivity contribution in [1.82, 2.24) is 14.9 Å². The molecule has 3 heterocycles. The van der Waals surface area contributed by atoms with Crippen molar-refractivity contribution < 1.29 is 28.5 Å². The number of carbonyl (C=O) groups is 2. The summed E-state index contributed by atoms with van der Waals surface area (Å²) in [5.41, 5.74) is 4.66. The molecule has 0 unspecified atom stereocenters. The van der Waals surface area contributed by atoms with Gasteiger partial charge in [0.1, 0.15) is 6.04 Å². The summed E-state index contributed by atoms with van der Waals surface area (Å²) in [6, 6.07) is 19.2. The average molecular weight is 599 g/mol. The summed E-state index contributed by atoms with van der Waals surface area (Å²) in [5, 5.41) is 3.50. The van der Waals surface area contributed by atoms with Crippen LogP contribution in [0.1, 0.15) is 34.1 Å². The van der Waals surface area contributed by atoms with Crippen LogP contribution in [0.3, 0.4) is 0 Å². The minimum atomic E-state index is -1.01. The van der Waals surface area contributed by atoms with Crippen LogP contribution in [0.5, 0.6) is 23.0 Å². The van der Waals surface area contributed by atoms with Crippen LogP contribution in [-0.2, 0) is 16.1 Å². The molecule has 43 heavy (non-hydrogen) atoms. The number of hydrogen-bond acceptors (Lipinski definition) is 9. The lowest BCUT2D eigenvalue weighted by atomic mass is 10.0. The third kappa shape index (κ3) is 6.36. The third-order valence-corrected chi connectivity index (χ3v) is 7.95. The highest BCUT2D eigenvalue weighted by molar-refractivity contribution is 7.99. The van der Waals surface area contributed by atoms with Crippen molar-refractivity contribution >= 4 is 29.3 Å². The van der Waals surface area contributed by atoms with Crippen molar-refractivity contribution in [2.24, 2.45) is 0 Å². The Kier molecular flexibility index (Phi) is 8.06. The lowest BCUT2D eigenvalue weighted by molar-refractivity contribution is -0.137. The van der Waals surface area contributed by atoms with E-state index in [1.165, 1.54) is 11.8 Å². The molecule has 11 heteroatoms. The summed E-state index contributed by atoms with van der Waals surface area (Å²) in [5.74, 6) is 1.62. The Labute approximate surface area is 253 Å². The van der Waals surface area contributed by atoms with Crippen molar-refractivity contribution in [3.63, 3.8) is 0 Å². The van der Waals surface area contributed by atoms with Gasteiger partial charge in [-0.3, -0.25) is 9.59 Å². The summed E-state index contributed by atoms with van der Waals surface area (Å²) in [6.07, 6.45) is 0. The number of rotatable bonds is 9. The van der Waals surface area contributed by atoms with Crippen LogP contribution in [0.15, 0.2) is 71.9 Å². The second-order valence-corrected chi connectivity index (χ2v) is 11.2. The SMILES string of the molecule is Cc1cc(C)nc(SCC(=O)N(Cc2ccccc2C)[C@@H](C(=O)Nc2ccc3c(c2)OCO3)c2ccc3c(c2)OCO3)n1. The maximum atomic E-state index is 14.2. The van der Waals surface area contributed by atoms with Crippen molar-refractivity contribution in [3.8, 4) is 23.0 Å². The molecule has 4 aromatic rings. The van der Waals surface area contributed by atoms with Gasteiger partial charge in [-0.25, -0.2) is 9.97 Å². The van der Waals surface area contributed by atoms with Crippen LogP contribution in [0.25, 0.3) is 0 Å². The van der Waals surface area contributed by atoms with E-state index in [-0.39, 0.29) is 31.8 Å². The number of carbonyl (C=O) groups excluding carboxylic acids is 2. The zero-order valence-electron chi connectivity index (χ0n) is 24.0. The maximum Gasteiger partial charge on any atom is 0.251 e. The average Bonchev–Trinajstić information content (AvgIpc) is 3.65. The third-order valence-electron chi connectivity index (χ3n) is 7.12. The maximum absolute atomic E-state index is 14.2. The number of benzene rings is 3. The predicted octanol–water partition coefficient (Wildman–Crippen LogP) is 5.36. The van der Waals surface area contributed by atoms with Gasteiger partial charge in [0.2, 0.25) is 19.5 Å². The Bertz CT molecular complexity index is 1680. The highest BCUT2D eigenvalue weighted by Gasteiger charge is 2.34. The minimum absolute atomic E-state index is 0.0349. The number of hydrogen-bond donors (Lipinski definition) is 1. The Morgan fingerprint density at radius 2 is 1.49 bits per heavy atom. The minimum Gasteiger partial charge on any atom is -0.454 e. The van der Waals surface area contributed by atoms with Crippen LogP contribution in [0.2, 0.25) is 0 Å². The molecule has 0 saturated carbocycles. The second-order valence-electron chi connectivity index (χ2n) is 10.2. The molecular formula is C32H30N4O6S. The number of nitrogens with zero attached hydrogens (tertiary/aromatic N) is 3. The molecule has 10 nitrogen and oxygen atoms in total. The van der Waals surface area contributed by atoms with Crippen molar-refractivity contribution in [2.75, 3.05) is 24.7 Å². The van der Waals surface area contributed by atoms with Gasteiger partial charge in [0.05, 0.1) is 5.75 Å². The van der Waals surface area contributed by atoms with Crippen molar-refractivity contribution in [3.05, 3.63) is 94.8 Å². The molecular weight excluding hydrogens is 568 g/mol. The molecule has 2 amide bonds. The molecule has 3 aromatic carbocycles. The molecule has 0 fully saturated rings. The molecule has 0 bridgehead atoms. The first-order chi connectivity index (χ1) is 20.8. The lowest BCUT2D eigenvalue weighted by Crippen LogP contribution is -2.42. The first-order valence-corrected chi connectivity index (χ1v) is 14.7. The number of amides is 2. The molecule has 6 rings (SSSR count). The number of aryl methyl sites for hydroxylation is 3. The van der Waals surface area contributed by atoms with E-state index in [0.717, 1.165) is 22.5 Å². The van der Waals surface area contributed by atoms with Gasteiger partial charge < -0.3 is 29.2 Å². The number of fused-ring (bicyclic) bond motifs is 2.